The van der Waals surface area contributed by atoms with Gasteiger partial charge in [0, 0.05) is 0 Å². The summed E-state index contributed by atoms with van der Waals surface area (Å²) in [6, 6.07) is 0. The van der Waals surface area contributed by atoms with Crippen LogP contribution in [0.5, 0.6) is 0 Å². The van der Waals surface area contributed by atoms with Crippen LogP contribution < -0.4 is 24.6 Å². The van der Waals surface area contributed by atoms with E-state index in [-0.39, 0.29) is 24.6 Å². The molecule has 48 heteroatoms. The van der Waals surface area contributed by atoms with Gasteiger partial charge in [-0.2, -0.15) is 0 Å². The third kappa shape index (κ3) is 599. The predicted molar refractivity (Wildman–Crippen MR) is 117 cm³/mol. The van der Waals surface area contributed by atoms with E-state index in [1.165, 1.54) is 0 Å². The molecule has 0 aliphatic heterocycles. The number of rotatable bonds is 0. The number of hydrogen-bond acceptors (Lipinski definition) is 26. The normalized spacial score (nSPS) is 5.50. The maximum Gasteiger partial charge on any atom is 0.291 e. The molecule has 0 aliphatic rings. The molecule has 296 valence electrons. The molecule has 23 N–H and O–H groups in total. The third-order valence-corrected chi connectivity index (χ3v) is 0. The fourth-order valence-corrected chi connectivity index (χ4v) is 0. The molecule has 0 rings (SSSR count). The molecule has 0 aromatic carbocycles. The molecule has 0 heterocycles. The second kappa shape index (κ2) is 90.3. The molecular weight excluding hydrogens is 738 g/mol. The Morgan fingerprint density at radius 3 is 0.188 bits per heavy atom. The molecule has 48 nitrogen and oxygen atoms in total. The molecule has 0 spiro atoms. The van der Waals surface area contributed by atoms with Crippen LogP contribution >= 0.6 is 0 Å². The average molecular weight is 761 g/mol. The highest BCUT2D eigenvalue weighted by molar-refractivity contribution is 3.86. The SMILES string of the molecule is N.N.N.N.O=[N+]([O-])O.O=[N+]([O-])O.O=[N+]([O-])O.O=[N+]([O-])O.O=[N+]([O-])O.O=[N+]([O-])O.O=[N+]([O-])O.O=[N+]([O-])O.O=[N+]([O-])O.O=[N+]([O-])O.O=[N+]([O-])O. The monoisotopic (exact) mass is 761 g/mol. The van der Waals surface area contributed by atoms with E-state index < -0.39 is 56.0 Å². The molecule has 0 saturated heterocycles. The van der Waals surface area contributed by atoms with E-state index in [0.717, 1.165) is 0 Å². The Kier molecular flexibility index (Phi) is 184. The van der Waals surface area contributed by atoms with Gasteiger partial charge in [0.2, 0.25) is 0 Å². The molecule has 0 radical (unpaired) electrons. The fraction of sp³-hybridized carbons (Fsp3) is 0. The van der Waals surface area contributed by atoms with E-state index in [1.807, 2.05) is 0 Å². The Morgan fingerprint density at radius 1 is 0.188 bits per heavy atom. The lowest BCUT2D eigenvalue weighted by Crippen LogP contribution is -1.81. The molecular formula is H23N15O33. The fourth-order valence-electron chi connectivity index (χ4n) is 0. The van der Waals surface area contributed by atoms with Crippen LogP contribution in [0.3, 0.4) is 0 Å². The predicted octanol–water partition coefficient (Wildman–Crippen LogP) is -3.18. The summed E-state index contributed by atoms with van der Waals surface area (Å²) in [6.45, 7) is 0. The second-order valence-electron chi connectivity index (χ2n) is 2.62. The smallest absolute Gasteiger partial charge is 0.291 e. The van der Waals surface area contributed by atoms with Crippen LogP contribution in [0.2, 0.25) is 0 Å². The lowest BCUT2D eigenvalue weighted by Gasteiger charge is -1.56. The summed E-state index contributed by atoms with van der Waals surface area (Å²) in [4.78, 5) is 92.0. The molecule has 0 saturated carbocycles. The minimum absolute atomic E-state index is 0. The van der Waals surface area contributed by atoms with Gasteiger partial charge in [0.1, 0.15) is 0 Å². The molecule has 0 bridgehead atoms. The number of hydrogen-bond donors (Lipinski definition) is 15. The van der Waals surface area contributed by atoms with Crippen LogP contribution in [0.1, 0.15) is 0 Å². The van der Waals surface area contributed by atoms with E-state index in [4.69, 9.17) is 169 Å². The van der Waals surface area contributed by atoms with E-state index in [9.17, 15) is 0 Å². The zero-order valence-corrected chi connectivity index (χ0v) is 21.6. The van der Waals surface area contributed by atoms with Gasteiger partial charge in [-0.1, -0.05) is 0 Å². The van der Waals surface area contributed by atoms with Gasteiger partial charge in [-0.25, -0.2) is 0 Å². The Balaban J connectivity index is -0.0000000190. The van der Waals surface area contributed by atoms with Gasteiger partial charge in [-0.05, 0) is 0 Å². The third-order valence-electron chi connectivity index (χ3n) is 0. The minimum atomic E-state index is -1.50. The largest absolute Gasteiger partial charge is 0.344 e. The van der Waals surface area contributed by atoms with Crippen molar-refractivity contribution in [3.05, 3.63) is 111 Å². The second-order valence-corrected chi connectivity index (χ2v) is 2.62. The van der Waals surface area contributed by atoms with Crippen molar-refractivity contribution < 1.29 is 113 Å². The first kappa shape index (κ1) is 97.8. The van der Waals surface area contributed by atoms with Gasteiger partial charge >= 0.3 is 0 Å². The first-order valence-electron chi connectivity index (χ1n) is 6.22. The highest BCUT2D eigenvalue weighted by Gasteiger charge is 1.69. The van der Waals surface area contributed by atoms with Gasteiger partial charge in [0.25, 0.3) is 56.0 Å². The highest BCUT2D eigenvalue weighted by atomic mass is 16.9. The average Bonchev–Trinajstić information content (AvgIpc) is 2.55. The lowest BCUT2D eigenvalue weighted by molar-refractivity contribution is -0.742. The first-order valence-corrected chi connectivity index (χ1v) is 6.22. The summed E-state index contributed by atoms with van der Waals surface area (Å²) in [5.74, 6) is 0. The standard InChI is InChI=1S/11HNO3.4H3N/c11*2-1(3)4;;;;/h11*(H,2,3,4);4*1H3. The lowest BCUT2D eigenvalue weighted by atomic mass is 13.1. The topological polar surface area (TPSA) is 837 Å². The minimum Gasteiger partial charge on any atom is -0.344 e. The van der Waals surface area contributed by atoms with E-state index in [2.05, 4.69) is 0 Å². The van der Waals surface area contributed by atoms with Crippen LogP contribution in [0.4, 0.5) is 0 Å². The maximum absolute atomic E-state index is 8.36. The first-order chi connectivity index (χ1) is 19.1. The van der Waals surface area contributed by atoms with Crippen molar-refractivity contribution in [3.63, 3.8) is 0 Å². The van der Waals surface area contributed by atoms with E-state index in [0.29, 0.717) is 0 Å². The summed E-state index contributed by atoms with van der Waals surface area (Å²) in [6.07, 6.45) is 0. The quantitative estimate of drug-likeness (QED) is 0.0854. The molecule has 0 atom stereocenters. The van der Waals surface area contributed by atoms with Crippen molar-refractivity contribution in [3.8, 4) is 0 Å². The number of nitrogens with zero attached hydrogens (tertiary/aromatic N) is 11. The van der Waals surface area contributed by atoms with Crippen molar-refractivity contribution >= 4 is 0 Å². The van der Waals surface area contributed by atoms with Gasteiger partial charge < -0.3 is 81.9 Å². The molecule has 0 aliphatic carbocycles. The van der Waals surface area contributed by atoms with Crippen LogP contribution in [0.25, 0.3) is 0 Å². The van der Waals surface area contributed by atoms with Crippen LogP contribution in [-0.4, -0.2) is 113 Å². The van der Waals surface area contributed by atoms with Crippen molar-refractivity contribution in [1.29, 1.82) is 0 Å². The maximum atomic E-state index is 8.36. The molecule has 0 unspecified atom stereocenters. The van der Waals surface area contributed by atoms with Crippen LogP contribution in [0, 0.1) is 111 Å². The summed E-state index contributed by atoms with van der Waals surface area (Å²) in [5.41, 5.74) is 0. The highest BCUT2D eigenvalue weighted by Crippen LogP contribution is 1.42. The summed E-state index contributed by atoms with van der Waals surface area (Å²) in [5, 5.41) is 150. The Bertz CT molecular complexity index is 525. The van der Waals surface area contributed by atoms with Gasteiger partial charge in [0.05, 0.1) is 0 Å². The van der Waals surface area contributed by atoms with Gasteiger partial charge in [-0.3, -0.25) is 0 Å². The molecule has 0 aromatic rings. The Hall–Kier alpha value is -8.96. The van der Waals surface area contributed by atoms with Gasteiger partial charge in [-0.15, -0.1) is 111 Å². The Morgan fingerprint density at radius 2 is 0.188 bits per heavy atom. The van der Waals surface area contributed by atoms with Crippen molar-refractivity contribution in [2.75, 3.05) is 0 Å². The van der Waals surface area contributed by atoms with Crippen molar-refractivity contribution in [1.82, 2.24) is 24.6 Å². The molecule has 0 amide bonds. The molecule has 48 heavy (non-hydrogen) atoms. The summed E-state index contributed by atoms with van der Waals surface area (Å²) >= 11 is 0. The summed E-state index contributed by atoms with van der Waals surface area (Å²) < 4.78 is 0. The summed E-state index contributed by atoms with van der Waals surface area (Å²) in [7, 11) is 0. The van der Waals surface area contributed by atoms with Crippen LogP contribution in [0.15, 0.2) is 0 Å². The van der Waals surface area contributed by atoms with Crippen molar-refractivity contribution in [2.24, 2.45) is 0 Å². The Labute approximate surface area is 250 Å². The van der Waals surface area contributed by atoms with Gasteiger partial charge in [0.15, 0.2) is 0 Å². The van der Waals surface area contributed by atoms with E-state index >= 15 is 0 Å². The molecule has 0 fully saturated rings. The zero-order valence-electron chi connectivity index (χ0n) is 21.6. The molecule has 0 aromatic heterocycles. The van der Waals surface area contributed by atoms with Crippen molar-refractivity contribution in [2.45, 2.75) is 0 Å². The zero-order chi connectivity index (χ0) is 39.4. The van der Waals surface area contributed by atoms with Crippen LogP contribution in [-0.2, 0) is 0 Å². The van der Waals surface area contributed by atoms with E-state index in [1.54, 1.807) is 0 Å².